The van der Waals surface area contributed by atoms with Gasteiger partial charge in [0.25, 0.3) is 0 Å². The molecule has 0 aliphatic heterocycles. The van der Waals surface area contributed by atoms with E-state index in [0.29, 0.717) is 10.6 Å². The number of primary amides is 1. The van der Waals surface area contributed by atoms with Gasteiger partial charge in [0.05, 0.1) is 0 Å². The van der Waals surface area contributed by atoms with E-state index in [4.69, 9.17) is 17.3 Å². The molecule has 74 valence electrons. The number of nitrogens with two attached hydrogens (primary N) is 1. The van der Waals surface area contributed by atoms with Gasteiger partial charge in [-0.1, -0.05) is 23.7 Å². The monoisotopic (exact) mass is 213 g/mol. The van der Waals surface area contributed by atoms with Crippen molar-refractivity contribution in [1.82, 2.24) is 0 Å². The Hall–Kier alpha value is -1.09. The van der Waals surface area contributed by atoms with E-state index >= 15 is 0 Å². The summed E-state index contributed by atoms with van der Waals surface area (Å²) >= 11 is 5.69. The minimum atomic E-state index is -1.15. The molecule has 1 fully saturated rings. The molecule has 0 spiro atoms. The maximum absolute atomic E-state index is 13.1. The van der Waals surface area contributed by atoms with Gasteiger partial charge in [-0.2, -0.15) is 0 Å². The summed E-state index contributed by atoms with van der Waals surface area (Å²) in [5.74, 6) is -0.604. The Labute approximate surface area is 85.9 Å². The standard InChI is InChI=1S/C10H9ClFNO/c11-7-3-1-6(2-4-7)10(9(13)14)5-8(10)12/h1-4,8H,5H2,(H2,13,14). The number of halogens is 2. The lowest BCUT2D eigenvalue weighted by molar-refractivity contribution is -0.120. The van der Waals surface area contributed by atoms with Gasteiger partial charge in [0, 0.05) is 11.4 Å². The van der Waals surface area contributed by atoms with Gasteiger partial charge in [-0.25, -0.2) is 4.39 Å². The molecule has 2 rings (SSSR count). The molecule has 1 amide bonds. The van der Waals surface area contributed by atoms with Crippen LogP contribution in [-0.2, 0) is 10.2 Å². The van der Waals surface area contributed by atoms with Crippen LogP contribution in [0.25, 0.3) is 0 Å². The Kier molecular flexibility index (Phi) is 2.00. The molecule has 2 nitrogen and oxygen atoms in total. The van der Waals surface area contributed by atoms with Crippen LogP contribution in [0.5, 0.6) is 0 Å². The summed E-state index contributed by atoms with van der Waals surface area (Å²) in [6.07, 6.45) is -0.967. The molecule has 14 heavy (non-hydrogen) atoms. The zero-order valence-electron chi connectivity index (χ0n) is 7.34. The van der Waals surface area contributed by atoms with Crippen LogP contribution < -0.4 is 5.73 Å². The molecule has 0 heterocycles. The Morgan fingerprint density at radius 3 is 2.36 bits per heavy atom. The molecule has 2 unspecified atom stereocenters. The van der Waals surface area contributed by atoms with Crippen molar-refractivity contribution in [3.8, 4) is 0 Å². The van der Waals surface area contributed by atoms with E-state index in [1.54, 1.807) is 24.3 Å². The highest BCUT2D eigenvalue weighted by atomic mass is 35.5. The highest BCUT2D eigenvalue weighted by Crippen LogP contribution is 2.50. The molecule has 0 saturated heterocycles. The lowest BCUT2D eigenvalue weighted by atomic mass is 9.95. The molecule has 1 aromatic rings. The topological polar surface area (TPSA) is 43.1 Å². The van der Waals surface area contributed by atoms with Crippen LogP contribution in [0, 0.1) is 0 Å². The first-order valence-corrected chi connectivity index (χ1v) is 4.65. The molecule has 1 saturated carbocycles. The van der Waals surface area contributed by atoms with Crippen molar-refractivity contribution in [2.45, 2.75) is 18.0 Å². The highest BCUT2D eigenvalue weighted by Gasteiger charge is 2.61. The highest BCUT2D eigenvalue weighted by molar-refractivity contribution is 6.30. The molecule has 2 N–H and O–H groups in total. The lowest BCUT2D eigenvalue weighted by Crippen LogP contribution is -2.30. The molecule has 2 atom stereocenters. The van der Waals surface area contributed by atoms with Gasteiger partial charge in [-0.15, -0.1) is 0 Å². The van der Waals surface area contributed by atoms with E-state index in [1.165, 1.54) is 0 Å². The second kappa shape index (κ2) is 2.95. The molecule has 0 bridgehead atoms. The lowest BCUT2D eigenvalue weighted by Gasteiger charge is -2.10. The van der Waals surface area contributed by atoms with E-state index in [1.807, 2.05) is 0 Å². The Balaban J connectivity index is 2.39. The fraction of sp³-hybridized carbons (Fsp3) is 0.300. The van der Waals surface area contributed by atoms with Crippen molar-refractivity contribution in [2.75, 3.05) is 0 Å². The Morgan fingerprint density at radius 1 is 1.50 bits per heavy atom. The van der Waals surface area contributed by atoms with Crippen LogP contribution in [0.4, 0.5) is 4.39 Å². The first-order chi connectivity index (χ1) is 6.57. The minimum Gasteiger partial charge on any atom is -0.369 e. The first-order valence-electron chi connectivity index (χ1n) is 4.27. The summed E-state index contributed by atoms with van der Waals surface area (Å²) in [6.45, 7) is 0. The second-order valence-electron chi connectivity index (χ2n) is 3.51. The van der Waals surface area contributed by atoms with Crippen molar-refractivity contribution >= 4 is 17.5 Å². The van der Waals surface area contributed by atoms with Gasteiger partial charge >= 0.3 is 0 Å². The molecule has 0 radical (unpaired) electrons. The van der Waals surface area contributed by atoms with E-state index in [0.717, 1.165) is 0 Å². The summed E-state index contributed by atoms with van der Waals surface area (Å²) < 4.78 is 13.1. The third-order valence-corrected chi connectivity index (χ3v) is 2.93. The summed E-state index contributed by atoms with van der Waals surface area (Å²) in [5.41, 5.74) is 4.70. The average molecular weight is 214 g/mol. The Bertz CT molecular complexity index is 378. The van der Waals surface area contributed by atoms with Crippen molar-refractivity contribution < 1.29 is 9.18 Å². The Morgan fingerprint density at radius 2 is 2.00 bits per heavy atom. The van der Waals surface area contributed by atoms with Crippen LogP contribution in [0.15, 0.2) is 24.3 Å². The van der Waals surface area contributed by atoms with E-state index < -0.39 is 17.5 Å². The van der Waals surface area contributed by atoms with Crippen molar-refractivity contribution in [3.05, 3.63) is 34.9 Å². The second-order valence-corrected chi connectivity index (χ2v) is 3.95. The minimum absolute atomic E-state index is 0.184. The van der Waals surface area contributed by atoms with E-state index in [-0.39, 0.29) is 6.42 Å². The molecule has 4 heteroatoms. The first kappa shape index (κ1) is 9.46. The number of hydrogen-bond donors (Lipinski definition) is 1. The summed E-state index contributed by atoms with van der Waals surface area (Å²) in [5, 5.41) is 0.560. The largest absolute Gasteiger partial charge is 0.369 e. The number of rotatable bonds is 2. The normalized spacial score (nSPS) is 30.0. The number of carbonyl (C=O) groups is 1. The molecule has 1 aliphatic carbocycles. The van der Waals surface area contributed by atoms with Crippen LogP contribution in [-0.4, -0.2) is 12.1 Å². The molecule has 1 aliphatic rings. The zero-order valence-corrected chi connectivity index (χ0v) is 8.09. The van der Waals surface area contributed by atoms with Gasteiger partial charge in [0.2, 0.25) is 5.91 Å². The SMILES string of the molecule is NC(=O)C1(c2ccc(Cl)cc2)CC1F. The molecular weight excluding hydrogens is 205 g/mol. The maximum atomic E-state index is 13.1. The number of amides is 1. The van der Waals surface area contributed by atoms with Gasteiger partial charge in [-0.05, 0) is 17.7 Å². The van der Waals surface area contributed by atoms with Gasteiger partial charge in [0.1, 0.15) is 11.6 Å². The number of hydrogen-bond acceptors (Lipinski definition) is 1. The van der Waals surface area contributed by atoms with Gasteiger partial charge < -0.3 is 5.73 Å². The van der Waals surface area contributed by atoms with Crippen LogP contribution in [0.2, 0.25) is 5.02 Å². The predicted molar refractivity (Wildman–Crippen MR) is 51.8 cm³/mol. The van der Waals surface area contributed by atoms with Crippen molar-refractivity contribution in [2.24, 2.45) is 5.73 Å². The van der Waals surface area contributed by atoms with E-state index in [9.17, 15) is 9.18 Å². The number of carbonyl (C=O) groups excluding carboxylic acids is 1. The fourth-order valence-corrected chi connectivity index (χ4v) is 1.79. The van der Waals surface area contributed by atoms with Crippen LogP contribution >= 0.6 is 11.6 Å². The summed E-state index contributed by atoms with van der Waals surface area (Å²) in [7, 11) is 0. The van der Waals surface area contributed by atoms with Gasteiger partial charge in [0.15, 0.2) is 0 Å². The molecular formula is C10H9ClFNO. The molecule has 0 aromatic heterocycles. The van der Waals surface area contributed by atoms with E-state index in [2.05, 4.69) is 0 Å². The van der Waals surface area contributed by atoms with Crippen LogP contribution in [0.1, 0.15) is 12.0 Å². The smallest absolute Gasteiger partial charge is 0.231 e. The van der Waals surface area contributed by atoms with Crippen molar-refractivity contribution in [1.29, 1.82) is 0 Å². The number of alkyl halides is 1. The zero-order chi connectivity index (χ0) is 10.3. The summed E-state index contributed by atoms with van der Waals surface area (Å²) in [6, 6.07) is 6.55. The van der Waals surface area contributed by atoms with Crippen LogP contribution in [0.3, 0.4) is 0 Å². The third-order valence-electron chi connectivity index (χ3n) is 2.67. The summed E-state index contributed by atoms with van der Waals surface area (Å²) in [4.78, 5) is 11.1. The average Bonchev–Trinajstić information content (AvgIpc) is 2.80. The predicted octanol–water partition coefficient (Wildman–Crippen LogP) is 1.80. The maximum Gasteiger partial charge on any atom is 0.231 e. The molecule has 1 aromatic carbocycles. The number of benzene rings is 1. The quantitative estimate of drug-likeness (QED) is 0.800. The fourth-order valence-electron chi connectivity index (χ4n) is 1.67. The third kappa shape index (κ3) is 1.20. The van der Waals surface area contributed by atoms with Gasteiger partial charge in [-0.3, -0.25) is 4.79 Å². The van der Waals surface area contributed by atoms with Crippen molar-refractivity contribution in [3.63, 3.8) is 0 Å².